The predicted octanol–water partition coefficient (Wildman–Crippen LogP) is 1.80. The molecule has 1 unspecified atom stereocenters. The highest BCUT2D eigenvalue weighted by atomic mass is 16.4. The standard InChI is InChI=1S/C10H14O3/c1-3-4-5-8(2)9(11)6-7-10(12)13/h3-5,8H,1,6-7H2,2H3,(H,12,13)/b5-4-. The van der Waals surface area contributed by atoms with E-state index >= 15 is 0 Å². The average Bonchev–Trinajstić information content (AvgIpc) is 2.10. The maximum Gasteiger partial charge on any atom is 0.303 e. The van der Waals surface area contributed by atoms with Crippen LogP contribution >= 0.6 is 0 Å². The molecule has 72 valence electrons. The zero-order valence-electron chi connectivity index (χ0n) is 7.69. The minimum Gasteiger partial charge on any atom is -0.481 e. The molecular weight excluding hydrogens is 168 g/mol. The molecule has 0 saturated heterocycles. The van der Waals surface area contributed by atoms with E-state index in [-0.39, 0.29) is 24.5 Å². The van der Waals surface area contributed by atoms with Gasteiger partial charge in [0.1, 0.15) is 5.78 Å². The van der Waals surface area contributed by atoms with Crippen molar-refractivity contribution in [1.29, 1.82) is 0 Å². The first-order valence-corrected chi connectivity index (χ1v) is 4.11. The number of aliphatic carboxylic acids is 1. The molecule has 0 aromatic rings. The number of ketones is 1. The average molecular weight is 182 g/mol. The van der Waals surface area contributed by atoms with Gasteiger partial charge in [0.15, 0.2) is 0 Å². The summed E-state index contributed by atoms with van der Waals surface area (Å²) in [4.78, 5) is 21.4. The molecule has 0 aromatic heterocycles. The fraction of sp³-hybridized carbons (Fsp3) is 0.400. The summed E-state index contributed by atoms with van der Waals surface area (Å²) in [6.45, 7) is 5.21. The molecule has 0 heterocycles. The van der Waals surface area contributed by atoms with Crippen molar-refractivity contribution in [3.63, 3.8) is 0 Å². The van der Waals surface area contributed by atoms with Crippen molar-refractivity contribution in [2.45, 2.75) is 19.8 Å². The highest BCUT2D eigenvalue weighted by molar-refractivity contribution is 5.85. The fourth-order valence-corrected chi connectivity index (χ4v) is 0.810. The molecule has 0 aromatic carbocycles. The third kappa shape index (κ3) is 5.84. The lowest BCUT2D eigenvalue weighted by molar-refractivity contribution is -0.138. The molecular formula is C10H14O3. The van der Waals surface area contributed by atoms with Gasteiger partial charge in [0, 0.05) is 12.3 Å². The molecule has 0 spiro atoms. The Labute approximate surface area is 77.8 Å². The SMILES string of the molecule is C=C/C=C\C(C)C(=O)CCC(=O)O. The van der Waals surface area contributed by atoms with Gasteiger partial charge in [-0.15, -0.1) is 0 Å². The van der Waals surface area contributed by atoms with Gasteiger partial charge in [-0.25, -0.2) is 0 Å². The van der Waals surface area contributed by atoms with Crippen molar-refractivity contribution in [3.8, 4) is 0 Å². The summed E-state index contributed by atoms with van der Waals surface area (Å²) in [5, 5.41) is 8.33. The maximum atomic E-state index is 11.2. The Morgan fingerprint density at radius 3 is 2.54 bits per heavy atom. The van der Waals surface area contributed by atoms with Crippen LogP contribution in [0.2, 0.25) is 0 Å². The van der Waals surface area contributed by atoms with Crippen molar-refractivity contribution in [3.05, 3.63) is 24.8 Å². The number of rotatable bonds is 6. The van der Waals surface area contributed by atoms with Crippen LogP contribution in [-0.4, -0.2) is 16.9 Å². The number of carbonyl (C=O) groups is 2. The van der Waals surface area contributed by atoms with Crippen LogP contribution in [0.4, 0.5) is 0 Å². The summed E-state index contributed by atoms with van der Waals surface area (Å²) in [7, 11) is 0. The third-order valence-electron chi connectivity index (χ3n) is 1.63. The number of hydrogen-bond acceptors (Lipinski definition) is 2. The van der Waals surface area contributed by atoms with Gasteiger partial charge in [0.25, 0.3) is 0 Å². The molecule has 3 nitrogen and oxygen atoms in total. The summed E-state index contributed by atoms with van der Waals surface area (Å²) >= 11 is 0. The molecule has 0 amide bonds. The Balaban J connectivity index is 3.89. The summed E-state index contributed by atoms with van der Waals surface area (Å²) in [6.07, 6.45) is 4.98. The fourth-order valence-electron chi connectivity index (χ4n) is 0.810. The predicted molar refractivity (Wildman–Crippen MR) is 50.4 cm³/mol. The molecule has 0 aliphatic rings. The zero-order chi connectivity index (χ0) is 10.3. The second-order valence-corrected chi connectivity index (χ2v) is 2.77. The van der Waals surface area contributed by atoms with Crippen LogP contribution in [0.25, 0.3) is 0 Å². The molecule has 0 aliphatic heterocycles. The summed E-state index contributed by atoms with van der Waals surface area (Å²) in [6, 6.07) is 0. The number of carboxylic acid groups (broad SMARTS) is 1. The van der Waals surface area contributed by atoms with Crippen LogP contribution in [0.5, 0.6) is 0 Å². The van der Waals surface area contributed by atoms with Crippen molar-refractivity contribution < 1.29 is 14.7 Å². The molecule has 0 aliphatic carbocycles. The van der Waals surface area contributed by atoms with E-state index < -0.39 is 5.97 Å². The molecule has 0 bridgehead atoms. The first-order chi connectivity index (χ1) is 6.07. The van der Waals surface area contributed by atoms with Gasteiger partial charge < -0.3 is 5.11 Å². The van der Waals surface area contributed by atoms with E-state index in [4.69, 9.17) is 5.11 Å². The van der Waals surface area contributed by atoms with Gasteiger partial charge in [-0.05, 0) is 0 Å². The molecule has 3 heteroatoms. The highest BCUT2D eigenvalue weighted by Crippen LogP contribution is 2.04. The molecule has 1 atom stereocenters. The van der Waals surface area contributed by atoms with Crippen molar-refractivity contribution >= 4 is 11.8 Å². The first-order valence-electron chi connectivity index (χ1n) is 4.11. The summed E-state index contributed by atoms with van der Waals surface area (Å²) in [5.41, 5.74) is 0. The van der Waals surface area contributed by atoms with Gasteiger partial charge in [-0.1, -0.05) is 31.7 Å². The van der Waals surface area contributed by atoms with Crippen LogP contribution in [0.3, 0.4) is 0 Å². The van der Waals surface area contributed by atoms with E-state index in [0.29, 0.717) is 0 Å². The van der Waals surface area contributed by atoms with Crippen LogP contribution < -0.4 is 0 Å². The van der Waals surface area contributed by atoms with Gasteiger partial charge >= 0.3 is 5.97 Å². The van der Waals surface area contributed by atoms with Gasteiger partial charge in [-0.3, -0.25) is 9.59 Å². The molecule has 1 N–H and O–H groups in total. The Morgan fingerprint density at radius 2 is 2.08 bits per heavy atom. The highest BCUT2D eigenvalue weighted by Gasteiger charge is 2.10. The lowest BCUT2D eigenvalue weighted by Crippen LogP contribution is -2.10. The molecule has 0 rings (SSSR count). The molecule has 0 saturated carbocycles. The first kappa shape index (κ1) is 11.6. The summed E-state index contributed by atoms with van der Waals surface area (Å²) in [5.74, 6) is -1.22. The smallest absolute Gasteiger partial charge is 0.303 e. The molecule has 13 heavy (non-hydrogen) atoms. The Kier molecular flexibility index (Phi) is 5.52. The van der Waals surface area contributed by atoms with Crippen molar-refractivity contribution in [2.75, 3.05) is 0 Å². The summed E-state index contributed by atoms with van der Waals surface area (Å²) < 4.78 is 0. The largest absolute Gasteiger partial charge is 0.481 e. The molecule has 0 radical (unpaired) electrons. The lowest BCUT2D eigenvalue weighted by Gasteiger charge is -2.02. The van der Waals surface area contributed by atoms with E-state index in [9.17, 15) is 9.59 Å². The van der Waals surface area contributed by atoms with E-state index in [1.807, 2.05) is 0 Å². The zero-order valence-corrected chi connectivity index (χ0v) is 7.69. The monoisotopic (exact) mass is 182 g/mol. The molecule has 0 fully saturated rings. The number of hydrogen-bond donors (Lipinski definition) is 1. The number of carbonyl (C=O) groups excluding carboxylic acids is 1. The van der Waals surface area contributed by atoms with Gasteiger partial charge in [-0.2, -0.15) is 0 Å². The van der Waals surface area contributed by atoms with Crippen LogP contribution in [0.1, 0.15) is 19.8 Å². The second kappa shape index (κ2) is 6.17. The minimum atomic E-state index is -0.937. The van der Waals surface area contributed by atoms with Crippen LogP contribution in [0.15, 0.2) is 24.8 Å². The number of allylic oxidation sites excluding steroid dienone is 3. The quantitative estimate of drug-likeness (QED) is 0.637. The van der Waals surface area contributed by atoms with Gasteiger partial charge in [0.2, 0.25) is 0 Å². The Bertz CT molecular complexity index is 228. The number of carboxylic acids is 1. The normalized spacial score (nSPS) is 12.7. The second-order valence-electron chi connectivity index (χ2n) is 2.77. The Morgan fingerprint density at radius 1 is 1.46 bits per heavy atom. The lowest BCUT2D eigenvalue weighted by atomic mass is 10.0. The number of Topliss-reactive ketones (excluding diaryl/α,β-unsaturated/α-hetero) is 1. The van der Waals surface area contributed by atoms with E-state index in [0.717, 1.165) is 0 Å². The van der Waals surface area contributed by atoms with Crippen molar-refractivity contribution in [2.24, 2.45) is 5.92 Å². The minimum absolute atomic E-state index is 0.0551. The van der Waals surface area contributed by atoms with Crippen LogP contribution in [0, 0.1) is 5.92 Å². The van der Waals surface area contributed by atoms with Gasteiger partial charge in [0.05, 0.1) is 6.42 Å². The van der Waals surface area contributed by atoms with E-state index in [2.05, 4.69) is 6.58 Å². The van der Waals surface area contributed by atoms with E-state index in [1.165, 1.54) is 0 Å². The topological polar surface area (TPSA) is 54.4 Å². The van der Waals surface area contributed by atoms with Crippen molar-refractivity contribution in [1.82, 2.24) is 0 Å². The van der Waals surface area contributed by atoms with E-state index in [1.54, 1.807) is 25.2 Å². The Hall–Kier alpha value is -1.38. The maximum absolute atomic E-state index is 11.2. The van der Waals surface area contributed by atoms with Crippen LogP contribution in [-0.2, 0) is 9.59 Å². The third-order valence-corrected chi connectivity index (χ3v) is 1.63.